The van der Waals surface area contributed by atoms with Crippen LogP contribution in [0, 0.1) is 5.92 Å². The third kappa shape index (κ3) is 2.41. The van der Waals surface area contributed by atoms with E-state index >= 15 is 0 Å². The number of hydrogen-bond acceptors (Lipinski definition) is 4. The molecule has 1 aromatic heterocycles. The Morgan fingerprint density at radius 1 is 1.53 bits per heavy atom. The molecule has 1 saturated heterocycles. The lowest BCUT2D eigenvalue weighted by Crippen LogP contribution is -2.47. The van der Waals surface area contributed by atoms with Crippen molar-refractivity contribution in [1.29, 1.82) is 0 Å². The van der Waals surface area contributed by atoms with Gasteiger partial charge in [0.05, 0.1) is 0 Å². The Balaban J connectivity index is 1.71. The molecule has 0 aromatic carbocycles. The van der Waals surface area contributed by atoms with Crippen molar-refractivity contribution in [1.82, 2.24) is 4.90 Å². The van der Waals surface area contributed by atoms with Crippen LogP contribution in [0.5, 0.6) is 0 Å². The molecule has 0 aliphatic carbocycles. The van der Waals surface area contributed by atoms with Gasteiger partial charge in [-0.15, -0.1) is 11.3 Å². The molecule has 2 aliphatic heterocycles. The molecule has 2 nitrogen and oxygen atoms in total. The van der Waals surface area contributed by atoms with Gasteiger partial charge in [-0.1, -0.05) is 0 Å². The number of nitrogens with zero attached hydrogens (tertiary/aromatic N) is 1. The highest BCUT2D eigenvalue weighted by atomic mass is 32.2. The van der Waals surface area contributed by atoms with Gasteiger partial charge in [0, 0.05) is 30.6 Å². The van der Waals surface area contributed by atoms with Crippen molar-refractivity contribution in [2.45, 2.75) is 25.4 Å². The van der Waals surface area contributed by atoms with E-state index in [0.717, 1.165) is 19.0 Å². The molecule has 2 aliphatic rings. The summed E-state index contributed by atoms with van der Waals surface area (Å²) in [5, 5.41) is 2.23. The minimum Gasteiger partial charge on any atom is -0.329 e. The quantitative estimate of drug-likeness (QED) is 0.911. The summed E-state index contributed by atoms with van der Waals surface area (Å²) in [6.07, 6.45) is 2.59. The number of thiophene rings is 1. The van der Waals surface area contributed by atoms with Crippen LogP contribution in [-0.2, 0) is 13.0 Å². The van der Waals surface area contributed by atoms with Crippen molar-refractivity contribution in [3.63, 3.8) is 0 Å². The average Bonchev–Trinajstić information content (AvgIpc) is 2.99. The molecule has 1 aromatic rings. The second kappa shape index (κ2) is 5.31. The van der Waals surface area contributed by atoms with E-state index in [1.807, 2.05) is 11.3 Å². The van der Waals surface area contributed by atoms with Crippen LogP contribution in [-0.4, -0.2) is 35.5 Å². The van der Waals surface area contributed by atoms with Crippen LogP contribution in [0.25, 0.3) is 0 Å². The molecule has 3 heterocycles. The molecule has 1 fully saturated rings. The number of rotatable bonds is 3. The maximum Gasteiger partial charge on any atom is 0.0258 e. The normalized spacial score (nSPS) is 27.0. The largest absolute Gasteiger partial charge is 0.329 e. The zero-order valence-corrected chi connectivity index (χ0v) is 11.7. The van der Waals surface area contributed by atoms with Gasteiger partial charge in [0.25, 0.3) is 0 Å². The number of nitrogens with two attached hydrogens (primary N) is 1. The molecule has 0 spiro atoms. The lowest BCUT2D eigenvalue weighted by Gasteiger charge is -2.37. The van der Waals surface area contributed by atoms with Crippen molar-refractivity contribution in [2.24, 2.45) is 11.7 Å². The second-order valence-corrected chi connectivity index (χ2v) is 7.17. The molecule has 0 amide bonds. The first-order valence-electron chi connectivity index (χ1n) is 6.45. The van der Waals surface area contributed by atoms with Crippen LogP contribution in [0.2, 0.25) is 0 Å². The maximum atomic E-state index is 6.03. The van der Waals surface area contributed by atoms with Crippen LogP contribution in [0.1, 0.15) is 16.9 Å². The topological polar surface area (TPSA) is 29.3 Å². The van der Waals surface area contributed by atoms with E-state index in [0.29, 0.717) is 6.04 Å². The van der Waals surface area contributed by atoms with Gasteiger partial charge in [-0.3, -0.25) is 4.90 Å². The van der Waals surface area contributed by atoms with Crippen molar-refractivity contribution < 1.29 is 0 Å². The molecule has 4 heteroatoms. The zero-order valence-electron chi connectivity index (χ0n) is 10.1. The number of thioether (sulfide) groups is 1. The van der Waals surface area contributed by atoms with Gasteiger partial charge >= 0.3 is 0 Å². The fourth-order valence-electron chi connectivity index (χ4n) is 3.05. The SMILES string of the molecule is NCC(C1CCSC1)N1CCc2sccc2C1. The van der Waals surface area contributed by atoms with Crippen LogP contribution in [0.4, 0.5) is 0 Å². The standard InChI is InChI=1S/C13H20N2S2/c14-7-12(11-2-5-16-9-11)15-4-1-13-10(8-15)3-6-17-13/h3,6,11-12H,1-2,4-5,7-9,14H2. The Kier molecular flexibility index (Phi) is 3.75. The molecule has 0 saturated carbocycles. The van der Waals surface area contributed by atoms with Crippen LogP contribution < -0.4 is 5.73 Å². The van der Waals surface area contributed by atoms with Crippen LogP contribution in [0.3, 0.4) is 0 Å². The molecule has 0 radical (unpaired) electrons. The molecule has 94 valence electrons. The van der Waals surface area contributed by atoms with Crippen molar-refractivity contribution in [3.8, 4) is 0 Å². The number of hydrogen-bond donors (Lipinski definition) is 1. The smallest absolute Gasteiger partial charge is 0.0258 e. The fraction of sp³-hybridized carbons (Fsp3) is 0.692. The van der Waals surface area contributed by atoms with E-state index in [9.17, 15) is 0 Å². The summed E-state index contributed by atoms with van der Waals surface area (Å²) in [7, 11) is 0. The third-order valence-corrected chi connectivity index (χ3v) is 6.27. The lowest BCUT2D eigenvalue weighted by molar-refractivity contribution is 0.141. The van der Waals surface area contributed by atoms with Gasteiger partial charge in [-0.25, -0.2) is 0 Å². The minimum atomic E-state index is 0.609. The van der Waals surface area contributed by atoms with Crippen molar-refractivity contribution in [2.75, 3.05) is 24.6 Å². The van der Waals surface area contributed by atoms with E-state index in [1.165, 1.54) is 30.9 Å². The van der Waals surface area contributed by atoms with E-state index in [1.54, 1.807) is 10.4 Å². The molecule has 2 N–H and O–H groups in total. The van der Waals surface area contributed by atoms with E-state index < -0.39 is 0 Å². The Labute approximate surface area is 112 Å². The molecule has 17 heavy (non-hydrogen) atoms. The Hall–Kier alpha value is -0.0300. The summed E-state index contributed by atoms with van der Waals surface area (Å²) in [6, 6.07) is 2.90. The Morgan fingerprint density at radius 3 is 3.24 bits per heavy atom. The fourth-order valence-corrected chi connectivity index (χ4v) is 5.27. The highest BCUT2D eigenvalue weighted by Gasteiger charge is 2.31. The van der Waals surface area contributed by atoms with Crippen molar-refractivity contribution in [3.05, 3.63) is 21.9 Å². The first-order chi connectivity index (χ1) is 8.38. The van der Waals surface area contributed by atoms with E-state index in [-0.39, 0.29) is 0 Å². The summed E-state index contributed by atoms with van der Waals surface area (Å²) in [4.78, 5) is 4.23. The second-order valence-electron chi connectivity index (χ2n) is 5.02. The lowest BCUT2D eigenvalue weighted by atomic mass is 9.95. The van der Waals surface area contributed by atoms with Crippen LogP contribution >= 0.6 is 23.1 Å². The van der Waals surface area contributed by atoms with Gasteiger partial charge < -0.3 is 5.73 Å². The molecular formula is C13H20N2S2. The third-order valence-electron chi connectivity index (χ3n) is 4.06. The summed E-state index contributed by atoms with van der Waals surface area (Å²) in [5.41, 5.74) is 7.58. The number of fused-ring (bicyclic) bond motifs is 1. The molecule has 2 atom stereocenters. The zero-order chi connectivity index (χ0) is 11.7. The minimum absolute atomic E-state index is 0.609. The molecular weight excluding hydrogens is 248 g/mol. The van der Waals surface area contributed by atoms with E-state index in [2.05, 4.69) is 28.1 Å². The highest BCUT2D eigenvalue weighted by molar-refractivity contribution is 7.99. The first-order valence-corrected chi connectivity index (χ1v) is 8.49. The Morgan fingerprint density at radius 2 is 2.47 bits per heavy atom. The summed E-state index contributed by atoms with van der Waals surface area (Å²) >= 11 is 4.01. The highest BCUT2D eigenvalue weighted by Crippen LogP contribution is 2.32. The summed E-state index contributed by atoms with van der Waals surface area (Å²) in [6.45, 7) is 3.16. The molecule has 2 unspecified atom stereocenters. The van der Waals surface area contributed by atoms with E-state index in [4.69, 9.17) is 5.73 Å². The maximum absolute atomic E-state index is 6.03. The average molecular weight is 268 g/mol. The van der Waals surface area contributed by atoms with Crippen molar-refractivity contribution >= 4 is 23.1 Å². The van der Waals surface area contributed by atoms with Gasteiger partial charge in [0.1, 0.15) is 0 Å². The monoisotopic (exact) mass is 268 g/mol. The summed E-state index contributed by atoms with van der Waals surface area (Å²) < 4.78 is 0. The predicted molar refractivity (Wildman–Crippen MR) is 76.7 cm³/mol. The molecule has 3 rings (SSSR count). The van der Waals surface area contributed by atoms with Gasteiger partial charge in [0.2, 0.25) is 0 Å². The van der Waals surface area contributed by atoms with Gasteiger partial charge in [0.15, 0.2) is 0 Å². The van der Waals surface area contributed by atoms with Crippen LogP contribution in [0.15, 0.2) is 11.4 Å². The Bertz CT molecular complexity index is 371. The first kappa shape index (κ1) is 12.0. The summed E-state index contributed by atoms with van der Waals surface area (Å²) in [5.74, 6) is 3.47. The molecule has 0 bridgehead atoms. The van der Waals surface area contributed by atoms with Gasteiger partial charge in [-0.2, -0.15) is 11.8 Å². The van der Waals surface area contributed by atoms with Gasteiger partial charge in [-0.05, 0) is 47.3 Å². The predicted octanol–water partition coefficient (Wildman–Crippen LogP) is 2.19.